The Kier molecular flexibility index (Phi) is 8.68. The fourth-order valence-corrected chi connectivity index (χ4v) is 3.81. The van der Waals surface area contributed by atoms with Crippen LogP contribution in [0, 0.1) is 5.92 Å². The van der Waals surface area contributed by atoms with Crippen LogP contribution in [0.1, 0.15) is 13.3 Å². The van der Waals surface area contributed by atoms with E-state index in [1.54, 1.807) is 0 Å². The first-order valence-electron chi connectivity index (χ1n) is 9.05. The van der Waals surface area contributed by atoms with Crippen LogP contribution in [0.2, 0.25) is 0 Å². The van der Waals surface area contributed by atoms with Crippen LogP contribution in [-0.2, 0) is 38.4 Å². The summed E-state index contributed by atoms with van der Waals surface area (Å²) in [7, 11) is -4.86. The van der Waals surface area contributed by atoms with E-state index in [2.05, 4.69) is 14.2 Å². The second-order valence-corrected chi connectivity index (χ2v) is 8.26. The second-order valence-electron chi connectivity index (χ2n) is 7.17. The van der Waals surface area contributed by atoms with Crippen LogP contribution in [0.3, 0.4) is 0 Å². The Morgan fingerprint density at radius 3 is 2.26 bits per heavy atom. The van der Waals surface area contributed by atoms with Gasteiger partial charge in [-0.05, 0) is 6.42 Å². The van der Waals surface area contributed by atoms with E-state index in [0.29, 0.717) is 0 Å². The molecule has 31 heavy (non-hydrogen) atoms. The van der Waals surface area contributed by atoms with E-state index in [-0.39, 0.29) is 12.9 Å². The van der Waals surface area contributed by atoms with Crippen molar-refractivity contribution in [2.45, 2.75) is 68.6 Å². The minimum atomic E-state index is -4.86. The number of hydrogen-bond donors (Lipinski definition) is 7. The summed E-state index contributed by atoms with van der Waals surface area (Å²) in [5.74, 6) is -1.74. The number of carbonyl (C=O) groups is 2. The van der Waals surface area contributed by atoms with Gasteiger partial charge in [0.1, 0.15) is 24.4 Å². The van der Waals surface area contributed by atoms with Gasteiger partial charge in [0.2, 0.25) is 12.2 Å². The Balaban J connectivity index is 2.25. The normalized spacial score (nSPS) is 41.4. The number of aliphatic hydroxyl groups is 5. The second kappa shape index (κ2) is 10.4. The third-order valence-electron chi connectivity index (χ3n) is 4.94. The van der Waals surface area contributed by atoms with Crippen LogP contribution in [0.5, 0.6) is 0 Å². The molecule has 1 amide bonds. The summed E-state index contributed by atoms with van der Waals surface area (Å²) in [5, 5.41) is 53.3. The summed E-state index contributed by atoms with van der Waals surface area (Å²) < 4.78 is 49.7. The van der Waals surface area contributed by atoms with Crippen molar-refractivity contribution in [3.8, 4) is 0 Å². The van der Waals surface area contributed by atoms with Crippen molar-refractivity contribution in [2.75, 3.05) is 6.61 Å². The zero-order valence-corrected chi connectivity index (χ0v) is 16.9. The van der Waals surface area contributed by atoms with E-state index in [0.717, 1.165) is 6.92 Å². The molecular weight excluding hydrogens is 450 g/mol. The van der Waals surface area contributed by atoms with Crippen molar-refractivity contribution in [3.05, 3.63) is 0 Å². The maximum absolute atomic E-state index is 11.5. The molecule has 0 radical (unpaired) electrons. The van der Waals surface area contributed by atoms with E-state index >= 15 is 0 Å². The Hall–Kier alpha value is -1.47. The molecule has 7 N–H and O–H groups in total. The van der Waals surface area contributed by atoms with Crippen LogP contribution < -0.4 is 5.32 Å². The summed E-state index contributed by atoms with van der Waals surface area (Å²) in [6.07, 6.45) is -14.0. The van der Waals surface area contributed by atoms with Crippen molar-refractivity contribution in [2.24, 2.45) is 5.92 Å². The molecule has 1 aliphatic heterocycles. The maximum atomic E-state index is 11.5. The number of hydrogen-bond acceptors (Lipinski definition) is 13. The van der Waals surface area contributed by atoms with E-state index in [4.69, 9.17) is 14.0 Å². The maximum Gasteiger partial charge on any atom is 0.397 e. The molecule has 0 aromatic rings. The van der Waals surface area contributed by atoms with Crippen molar-refractivity contribution in [3.63, 3.8) is 0 Å². The molecule has 15 nitrogen and oxygen atoms in total. The standard InChI is InChI=1S/C15H25NO14S/c1-5(18)16-8-7(19)2-6(3-28-31(24,25)26)9(20)13(8)29-15-12(23)10(21)11(22)14(30-15)27-4-17/h4,6-15,19-23H,2-3H2,1H3,(H,16,18)(H,24,25,26). The summed E-state index contributed by atoms with van der Waals surface area (Å²) >= 11 is 0. The van der Waals surface area contributed by atoms with Crippen LogP contribution >= 0.6 is 0 Å². The lowest BCUT2D eigenvalue weighted by Gasteiger charge is -2.46. The van der Waals surface area contributed by atoms with Crippen LogP contribution in [0.25, 0.3) is 0 Å². The van der Waals surface area contributed by atoms with Gasteiger partial charge in [0.05, 0.1) is 24.9 Å². The van der Waals surface area contributed by atoms with Crippen molar-refractivity contribution < 1.29 is 66.5 Å². The van der Waals surface area contributed by atoms with Gasteiger partial charge < -0.3 is 45.1 Å². The Morgan fingerprint density at radius 2 is 1.71 bits per heavy atom. The van der Waals surface area contributed by atoms with Gasteiger partial charge in [-0.2, -0.15) is 8.42 Å². The predicted molar refractivity (Wildman–Crippen MR) is 93.9 cm³/mol. The first-order chi connectivity index (χ1) is 14.4. The molecule has 1 saturated heterocycles. The van der Waals surface area contributed by atoms with Gasteiger partial charge in [0, 0.05) is 12.8 Å². The monoisotopic (exact) mass is 475 g/mol. The number of amides is 1. The number of ether oxygens (including phenoxy) is 3. The zero-order chi connectivity index (χ0) is 23.5. The van der Waals surface area contributed by atoms with Gasteiger partial charge in [0.25, 0.3) is 6.47 Å². The van der Waals surface area contributed by atoms with Crippen LogP contribution in [0.15, 0.2) is 0 Å². The smallest absolute Gasteiger partial charge is 0.397 e. The third-order valence-corrected chi connectivity index (χ3v) is 5.37. The Morgan fingerprint density at radius 1 is 1.10 bits per heavy atom. The average Bonchev–Trinajstić information content (AvgIpc) is 2.66. The number of aliphatic hydroxyl groups excluding tert-OH is 5. The molecule has 2 fully saturated rings. The molecule has 1 heterocycles. The quantitative estimate of drug-likeness (QED) is 0.129. The molecule has 2 rings (SSSR count). The molecule has 2 aliphatic rings. The molecule has 0 aromatic carbocycles. The highest BCUT2D eigenvalue weighted by molar-refractivity contribution is 7.80. The Bertz CT molecular complexity index is 733. The largest absolute Gasteiger partial charge is 0.435 e. The predicted octanol–water partition coefficient (Wildman–Crippen LogP) is -4.62. The molecule has 0 spiro atoms. The lowest BCUT2D eigenvalue weighted by molar-refractivity contribution is -0.356. The summed E-state index contributed by atoms with van der Waals surface area (Å²) in [4.78, 5) is 22.1. The van der Waals surface area contributed by atoms with Gasteiger partial charge in [-0.1, -0.05) is 0 Å². The van der Waals surface area contributed by atoms with Gasteiger partial charge in [0.15, 0.2) is 6.29 Å². The number of rotatable bonds is 8. The SMILES string of the molecule is CC(=O)NC1C(O)CC(COS(=O)(=O)O)C(O)C1OC1OC(OC=O)C(O)C(O)C1O. The molecule has 0 bridgehead atoms. The summed E-state index contributed by atoms with van der Waals surface area (Å²) in [6, 6.07) is -1.28. The fraction of sp³-hybridized carbons (Fsp3) is 0.867. The number of nitrogens with one attached hydrogen (secondary N) is 1. The van der Waals surface area contributed by atoms with Gasteiger partial charge in [-0.3, -0.25) is 14.1 Å². The number of carbonyl (C=O) groups excluding carboxylic acids is 2. The van der Waals surface area contributed by atoms with Crippen molar-refractivity contribution in [1.82, 2.24) is 5.32 Å². The van der Waals surface area contributed by atoms with E-state index in [1.807, 2.05) is 0 Å². The minimum Gasteiger partial charge on any atom is -0.435 e. The average molecular weight is 475 g/mol. The minimum absolute atomic E-state index is 0.0859. The molecule has 0 aromatic heterocycles. The molecule has 1 saturated carbocycles. The van der Waals surface area contributed by atoms with Crippen LogP contribution in [-0.4, -0.2) is 113 Å². The van der Waals surface area contributed by atoms with Crippen molar-refractivity contribution in [1.29, 1.82) is 0 Å². The highest BCUT2D eigenvalue weighted by Crippen LogP contribution is 2.32. The van der Waals surface area contributed by atoms with E-state index < -0.39 is 84.1 Å². The van der Waals surface area contributed by atoms with Crippen molar-refractivity contribution >= 4 is 22.8 Å². The zero-order valence-electron chi connectivity index (χ0n) is 16.1. The lowest BCUT2D eigenvalue weighted by atomic mass is 9.79. The van der Waals surface area contributed by atoms with Gasteiger partial charge in [-0.25, -0.2) is 4.18 Å². The first kappa shape index (κ1) is 25.8. The van der Waals surface area contributed by atoms with Gasteiger partial charge >= 0.3 is 10.4 Å². The summed E-state index contributed by atoms with van der Waals surface area (Å²) in [6.45, 7) is 0.275. The molecular formula is C15H25NO14S. The summed E-state index contributed by atoms with van der Waals surface area (Å²) in [5.41, 5.74) is 0. The lowest BCUT2D eigenvalue weighted by Crippen LogP contribution is -2.65. The van der Waals surface area contributed by atoms with E-state index in [1.165, 1.54) is 0 Å². The molecule has 10 unspecified atom stereocenters. The van der Waals surface area contributed by atoms with Crippen LogP contribution in [0.4, 0.5) is 0 Å². The highest BCUT2D eigenvalue weighted by Gasteiger charge is 2.51. The molecule has 180 valence electrons. The first-order valence-corrected chi connectivity index (χ1v) is 10.4. The fourth-order valence-electron chi connectivity index (χ4n) is 3.47. The van der Waals surface area contributed by atoms with E-state index in [9.17, 15) is 43.5 Å². The Labute approximate surface area is 176 Å². The van der Waals surface area contributed by atoms with Gasteiger partial charge in [-0.15, -0.1) is 0 Å². The molecule has 1 aliphatic carbocycles. The third kappa shape index (κ3) is 6.51. The molecule has 16 heteroatoms. The molecule has 10 atom stereocenters. The highest BCUT2D eigenvalue weighted by atomic mass is 32.3. The topological polar surface area (TPSA) is 239 Å².